The molecule has 3 aromatic rings. The van der Waals surface area contributed by atoms with E-state index in [1.807, 2.05) is 30.5 Å². The van der Waals surface area contributed by atoms with Crippen LogP contribution < -0.4 is 14.8 Å². The van der Waals surface area contributed by atoms with E-state index in [1.165, 1.54) is 16.9 Å². The SMILES string of the molecule is COc1ccc(OC)c(NC(=O)Cc2csc(-c3cccc(C)c3)n2)c1. The van der Waals surface area contributed by atoms with Crippen LogP contribution in [0.3, 0.4) is 0 Å². The van der Waals surface area contributed by atoms with Gasteiger partial charge in [0.2, 0.25) is 5.91 Å². The number of anilines is 1. The molecule has 0 unspecified atom stereocenters. The maximum Gasteiger partial charge on any atom is 0.230 e. The second kappa shape index (κ2) is 8.01. The highest BCUT2D eigenvalue weighted by molar-refractivity contribution is 7.13. The van der Waals surface area contributed by atoms with Gasteiger partial charge >= 0.3 is 0 Å². The fourth-order valence-electron chi connectivity index (χ4n) is 2.57. The second-order valence-electron chi connectivity index (χ2n) is 5.80. The Hall–Kier alpha value is -2.86. The van der Waals surface area contributed by atoms with Crippen molar-refractivity contribution < 1.29 is 14.3 Å². The molecule has 0 aliphatic heterocycles. The van der Waals surface area contributed by atoms with Crippen molar-refractivity contribution in [3.05, 3.63) is 59.1 Å². The molecular weight excluding hydrogens is 348 g/mol. The van der Waals surface area contributed by atoms with E-state index in [0.29, 0.717) is 17.2 Å². The van der Waals surface area contributed by atoms with Crippen LogP contribution in [0.25, 0.3) is 10.6 Å². The molecule has 26 heavy (non-hydrogen) atoms. The second-order valence-corrected chi connectivity index (χ2v) is 6.66. The molecular formula is C20H20N2O3S. The summed E-state index contributed by atoms with van der Waals surface area (Å²) in [6, 6.07) is 13.4. The zero-order valence-electron chi connectivity index (χ0n) is 14.9. The molecule has 0 fully saturated rings. The van der Waals surface area contributed by atoms with Crippen molar-refractivity contribution in [3.8, 4) is 22.1 Å². The Morgan fingerprint density at radius 3 is 2.73 bits per heavy atom. The van der Waals surface area contributed by atoms with E-state index in [4.69, 9.17) is 9.47 Å². The maximum absolute atomic E-state index is 12.4. The Morgan fingerprint density at radius 1 is 1.15 bits per heavy atom. The minimum absolute atomic E-state index is 0.155. The summed E-state index contributed by atoms with van der Waals surface area (Å²) in [5, 5.41) is 5.69. The summed E-state index contributed by atoms with van der Waals surface area (Å²) < 4.78 is 10.5. The summed E-state index contributed by atoms with van der Waals surface area (Å²) in [5.74, 6) is 1.08. The molecule has 3 rings (SSSR count). The van der Waals surface area contributed by atoms with E-state index in [-0.39, 0.29) is 12.3 Å². The number of methoxy groups -OCH3 is 2. The van der Waals surface area contributed by atoms with Gasteiger partial charge in [0.1, 0.15) is 16.5 Å². The van der Waals surface area contributed by atoms with Crippen molar-refractivity contribution in [2.24, 2.45) is 0 Å². The van der Waals surface area contributed by atoms with Gasteiger partial charge in [-0.2, -0.15) is 0 Å². The first-order valence-electron chi connectivity index (χ1n) is 8.12. The first-order chi connectivity index (χ1) is 12.6. The number of hydrogen-bond acceptors (Lipinski definition) is 5. The van der Waals surface area contributed by atoms with Gasteiger partial charge in [-0.05, 0) is 25.1 Å². The Labute approximate surface area is 156 Å². The zero-order chi connectivity index (χ0) is 18.5. The number of nitrogens with one attached hydrogen (secondary N) is 1. The average Bonchev–Trinajstić information content (AvgIpc) is 3.10. The van der Waals surface area contributed by atoms with Gasteiger partial charge in [-0.15, -0.1) is 11.3 Å². The lowest BCUT2D eigenvalue weighted by Gasteiger charge is -2.11. The highest BCUT2D eigenvalue weighted by Gasteiger charge is 2.12. The number of ether oxygens (including phenoxy) is 2. The number of carbonyl (C=O) groups is 1. The van der Waals surface area contributed by atoms with Crippen LogP contribution in [0.15, 0.2) is 47.8 Å². The van der Waals surface area contributed by atoms with E-state index in [1.54, 1.807) is 32.4 Å². The normalized spacial score (nSPS) is 10.4. The number of carbonyl (C=O) groups excluding carboxylic acids is 1. The standard InChI is InChI=1S/C20H20N2O3S/c1-13-5-4-6-14(9-13)20-21-15(12-26-20)10-19(23)22-17-11-16(24-2)7-8-18(17)25-3/h4-9,11-12H,10H2,1-3H3,(H,22,23). The molecule has 0 spiro atoms. The molecule has 0 bridgehead atoms. The van der Waals surface area contributed by atoms with Crippen LogP contribution in [-0.4, -0.2) is 25.1 Å². The number of amides is 1. The van der Waals surface area contributed by atoms with Gasteiger partial charge in [-0.1, -0.05) is 23.8 Å². The minimum Gasteiger partial charge on any atom is -0.497 e. The fraction of sp³-hybridized carbons (Fsp3) is 0.200. The highest BCUT2D eigenvalue weighted by Crippen LogP contribution is 2.29. The van der Waals surface area contributed by atoms with Crippen molar-refractivity contribution >= 4 is 22.9 Å². The van der Waals surface area contributed by atoms with Crippen LogP contribution in [0.4, 0.5) is 5.69 Å². The zero-order valence-corrected chi connectivity index (χ0v) is 15.7. The van der Waals surface area contributed by atoms with E-state index in [9.17, 15) is 4.79 Å². The number of aromatic nitrogens is 1. The van der Waals surface area contributed by atoms with Gasteiger partial charge in [0.05, 0.1) is 32.0 Å². The molecule has 0 atom stereocenters. The summed E-state index contributed by atoms with van der Waals surface area (Å²) >= 11 is 1.54. The van der Waals surface area contributed by atoms with Gasteiger partial charge in [-0.3, -0.25) is 4.79 Å². The highest BCUT2D eigenvalue weighted by atomic mass is 32.1. The molecule has 1 heterocycles. The lowest BCUT2D eigenvalue weighted by molar-refractivity contribution is -0.115. The van der Waals surface area contributed by atoms with E-state index in [0.717, 1.165) is 16.3 Å². The molecule has 5 nitrogen and oxygen atoms in total. The first-order valence-corrected chi connectivity index (χ1v) is 9.00. The van der Waals surface area contributed by atoms with Crippen molar-refractivity contribution in [3.63, 3.8) is 0 Å². The largest absolute Gasteiger partial charge is 0.497 e. The molecule has 0 radical (unpaired) electrons. The van der Waals surface area contributed by atoms with Crippen LogP contribution in [0.5, 0.6) is 11.5 Å². The average molecular weight is 368 g/mol. The van der Waals surface area contributed by atoms with Crippen LogP contribution in [0.2, 0.25) is 0 Å². The van der Waals surface area contributed by atoms with Gasteiger partial charge in [0, 0.05) is 17.0 Å². The number of nitrogens with zero attached hydrogens (tertiary/aromatic N) is 1. The number of aryl methyl sites for hydroxylation is 1. The molecule has 134 valence electrons. The smallest absolute Gasteiger partial charge is 0.230 e. The third-order valence-electron chi connectivity index (χ3n) is 3.84. The Balaban J connectivity index is 1.71. The Kier molecular flexibility index (Phi) is 5.53. The molecule has 0 aliphatic rings. The molecule has 1 N–H and O–H groups in total. The number of benzene rings is 2. The third-order valence-corrected chi connectivity index (χ3v) is 4.78. The van der Waals surface area contributed by atoms with Crippen LogP contribution in [0, 0.1) is 6.92 Å². The quantitative estimate of drug-likeness (QED) is 0.704. The van der Waals surface area contributed by atoms with Crippen LogP contribution in [-0.2, 0) is 11.2 Å². The number of rotatable bonds is 6. The van der Waals surface area contributed by atoms with Gasteiger partial charge in [-0.25, -0.2) is 4.98 Å². The lowest BCUT2D eigenvalue weighted by Crippen LogP contribution is -2.15. The predicted molar refractivity (Wildman–Crippen MR) is 104 cm³/mol. The molecule has 1 amide bonds. The van der Waals surface area contributed by atoms with Crippen LogP contribution in [0.1, 0.15) is 11.3 Å². The van der Waals surface area contributed by atoms with Gasteiger partial charge in [0.25, 0.3) is 0 Å². The van der Waals surface area contributed by atoms with Crippen LogP contribution >= 0.6 is 11.3 Å². The van der Waals surface area contributed by atoms with Crippen molar-refractivity contribution in [2.75, 3.05) is 19.5 Å². The number of thiazole rings is 1. The first kappa shape index (κ1) is 17.9. The van der Waals surface area contributed by atoms with E-state index < -0.39 is 0 Å². The molecule has 0 saturated carbocycles. The topological polar surface area (TPSA) is 60.5 Å². The summed E-state index contributed by atoms with van der Waals surface area (Å²) in [6.45, 7) is 2.05. The minimum atomic E-state index is -0.155. The maximum atomic E-state index is 12.4. The summed E-state index contributed by atoms with van der Waals surface area (Å²) in [6.07, 6.45) is 0.197. The Morgan fingerprint density at radius 2 is 2.00 bits per heavy atom. The van der Waals surface area contributed by atoms with Crippen molar-refractivity contribution in [2.45, 2.75) is 13.3 Å². The van der Waals surface area contributed by atoms with Crippen molar-refractivity contribution in [1.82, 2.24) is 4.98 Å². The molecule has 1 aromatic heterocycles. The number of hydrogen-bond donors (Lipinski definition) is 1. The Bertz CT molecular complexity index is 921. The fourth-order valence-corrected chi connectivity index (χ4v) is 3.39. The summed E-state index contributed by atoms with van der Waals surface area (Å²) in [5.41, 5.74) is 3.56. The van der Waals surface area contributed by atoms with Crippen molar-refractivity contribution in [1.29, 1.82) is 0 Å². The third kappa shape index (κ3) is 4.21. The monoisotopic (exact) mass is 368 g/mol. The van der Waals surface area contributed by atoms with E-state index >= 15 is 0 Å². The summed E-state index contributed by atoms with van der Waals surface area (Å²) in [4.78, 5) is 17.0. The lowest BCUT2D eigenvalue weighted by atomic mass is 10.1. The van der Waals surface area contributed by atoms with Gasteiger partial charge in [0.15, 0.2) is 0 Å². The predicted octanol–water partition coefficient (Wildman–Crippen LogP) is 4.32. The molecule has 6 heteroatoms. The molecule has 0 saturated heterocycles. The molecule has 0 aliphatic carbocycles. The summed E-state index contributed by atoms with van der Waals surface area (Å²) in [7, 11) is 3.14. The van der Waals surface area contributed by atoms with E-state index in [2.05, 4.69) is 16.4 Å². The van der Waals surface area contributed by atoms with Gasteiger partial charge < -0.3 is 14.8 Å². The molecule has 2 aromatic carbocycles.